The number of hydrogen-bond donors (Lipinski definition) is 1. The number of nitrogens with zero attached hydrogens (tertiary/aromatic N) is 1. The van der Waals surface area contributed by atoms with Crippen molar-refractivity contribution in [2.24, 2.45) is 0 Å². The van der Waals surface area contributed by atoms with Gasteiger partial charge >= 0.3 is 0 Å². The minimum Gasteiger partial charge on any atom is -0.385 e. The Morgan fingerprint density at radius 3 is 2.67 bits per heavy atom. The van der Waals surface area contributed by atoms with Crippen LogP contribution in [0.4, 0.5) is 5.69 Å². The predicted molar refractivity (Wildman–Crippen MR) is 76.9 cm³/mol. The van der Waals surface area contributed by atoms with E-state index >= 15 is 0 Å². The number of aromatic nitrogens is 1. The molecule has 2 heteroatoms. The Labute approximate surface area is 109 Å². The standard InChI is InChI=1S/C16H20N2/c1-2-14-8-3-4-11-16(14)18-13-7-10-15-9-5-6-12-17-15/h3-6,8-9,11-12,18H,2,7,10,13H2,1H3. The number of benzene rings is 1. The first-order chi connectivity index (χ1) is 8.90. The monoisotopic (exact) mass is 240 g/mol. The molecule has 1 aromatic carbocycles. The fraction of sp³-hybridized carbons (Fsp3) is 0.312. The Hall–Kier alpha value is -1.83. The molecule has 0 aliphatic carbocycles. The van der Waals surface area contributed by atoms with Gasteiger partial charge < -0.3 is 5.32 Å². The number of hydrogen-bond acceptors (Lipinski definition) is 2. The number of anilines is 1. The van der Waals surface area contributed by atoms with Crippen molar-refractivity contribution in [3.8, 4) is 0 Å². The van der Waals surface area contributed by atoms with Crippen molar-refractivity contribution in [3.05, 3.63) is 59.9 Å². The average molecular weight is 240 g/mol. The van der Waals surface area contributed by atoms with Crippen molar-refractivity contribution in [1.82, 2.24) is 4.98 Å². The van der Waals surface area contributed by atoms with Gasteiger partial charge in [-0.05, 0) is 43.0 Å². The number of nitrogens with one attached hydrogen (secondary N) is 1. The minimum absolute atomic E-state index is 0.994. The molecule has 0 aliphatic heterocycles. The van der Waals surface area contributed by atoms with Crippen LogP contribution in [0.5, 0.6) is 0 Å². The zero-order valence-corrected chi connectivity index (χ0v) is 10.9. The van der Waals surface area contributed by atoms with E-state index in [9.17, 15) is 0 Å². The highest BCUT2D eigenvalue weighted by Crippen LogP contribution is 2.15. The molecule has 2 aromatic rings. The third kappa shape index (κ3) is 3.59. The van der Waals surface area contributed by atoms with Crippen LogP contribution in [0.25, 0.3) is 0 Å². The highest BCUT2D eigenvalue weighted by Gasteiger charge is 1.98. The molecule has 0 fully saturated rings. The minimum atomic E-state index is 0.994. The third-order valence-corrected chi connectivity index (χ3v) is 3.05. The zero-order valence-electron chi connectivity index (χ0n) is 10.9. The molecule has 2 rings (SSSR count). The molecule has 0 saturated heterocycles. The van der Waals surface area contributed by atoms with Crippen LogP contribution in [0, 0.1) is 0 Å². The van der Waals surface area contributed by atoms with Gasteiger partial charge in [-0.25, -0.2) is 0 Å². The number of para-hydroxylation sites is 1. The fourth-order valence-corrected chi connectivity index (χ4v) is 2.04. The number of rotatable bonds is 6. The van der Waals surface area contributed by atoms with Gasteiger partial charge in [0, 0.05) is 24.1 Å². The van der Waals surface area contributed by atoms with Crippen molar-refractivity contribution in [3.63, 3.8) is 0 Å². The molecular formula is C16H20N2. The van der Waals surface area contributed by atoms with Crippen LogP contribution in [0.15, 0.2) is 48.7 Å². The summed E-state index contributed by atoms with van der Waals surface area (Å²) < 4.78 is 0. The first-order valence-corrected chi connectivity index (χ1v) is 6.62. The van der Waals surface area contributed by atoms with E-state index in [0.717, 1.165) is 25.8 Å². The summed E-state index contributed by atoms with van der Waals surface area (Å²) in [7, 11) is 0. The second-order valence-corrected chi connectivity index (χ2v) is 4.36. The number of pyridine rings is 1. The summed E-state index contributed by atoms with van der Waals surface area (Å²) in [5.41, 5.74) is 3.82. The Kier molecular flexibility index (Phi) is 4.77. The van der Waals surface area contributed by atoms with E-state index in [-0.39, 0.29) is 0 Å². The van der Waals surface area contributed by atoms with Crippen LogP contribution in [0.1, 0.15) is 24.6 Å². The van der Waals surface area contributed by atoms with Gasteiger partial charge in [0.15, 0.2) is 0 Å². The zero-order chi connectivity index (χ0) is 12.6. The summed E-state index contributed by atoms with van der Waals surface area (Å²) in [6, 6.07) is 14.6. The highest BCUT2D eigenvalue weighted by atomic mass is 14.9. The predicted octanol–water partition coefficient (Wildman–Crippen LogP) is 3.69. The van der Waals surface area contributed by atoms with Crippen LogP contribution in [0.3, 0.4) is 0 Å². The van der Waals surface area contributed by atoms with Gasteiger partial charge in [-0.3, -0.25) is 4.98 Å². The van der Waals surface area contributed by atoms with Gasteiger partial charge in [0.05, 0.1) is 0 Å². The van der Waals surface area contributed by atoms with Crippen molar-refractivity contribution in [2.75, 3.05) is 11.9 Å². The molecule has 0 amide bonds. The van der Waals surface area contributed by atoms with Crippen molar-refractivity contribution in [2.45, 2.75) is 26.2 Å². The Morgan fingerprint density at radius 1 is 1.06 bits per heavy atom. The molecule has 0 radical (unpaired) electrons. The van der Waals surface area contributed by atoms with E-state index in [2.05, 4.69) is 47.6 Å². The van der Waals surface area contributed by atoms with Crippen LogP contribution in [-0.2, 0) is 12.8 Å². The molecule has 1 aromatic heterocycles. The van der Waals surface area contributed by atoms with Crippen LogP contribution in [-0.4, -0.2) is 11.5 Å². The van der Waals surface area contributed by atoms with E-state index in [1.165, 1.54) is 16.9 Å². The van der Waals surface area contributed by atoms with Gasteiger partial charge in [0.25, 0.3) is 0 Å². The van der Waals surface area contributed by atoms with Crippen LogP contribution >= 0.6 is 0 Å². The number of aryl methyl sites for hydroxylation is 2. The molecule has 18 heavy (non-hydrogen) atoms. The van der Waals surface area contributed by atoms with Gasteiger partial charge in [-0.1, -0.05) is 31.2 Å². The van der Waals surface area contributed by atoms with Crippen LogP contribution in [0.2, 0.25) is 0 Å². The average Bonchev–Trinajstić information content (AvgIpc) is 2.45. The molecule has 0 spiro atoms. The summed E-state index contributed by atoms with van der Waals surface area (Å²) in [5, 5.41) is 3.51. The third-order valence-electron chi connectivity index (χ3n) is 3.05. The van der Waals surface area contributed by atoms with Crippen molar-refractivity contribution >= 4 is 5.69 Å². The SMILES string of the molecule is CCc1ccccc1NCCCc1ccccn1. The molecule has 1 N–H and O–H groups in total. The normalized spacial score (nSPS) is 10.3. The Morgan fingerprint density at radius 2 is 1.89 bits per heavy atom. The van der Waals surface area contributed by atoms with Gasteiger partial charge in [0.2, 0.25) is 0 Å². The molecule has 94 valence electrons. The lowest BCUT2D eigenvalue weighted by molar-refractivity contribution is 0.835. The quantitative estimate of drug-likeness (QED) is 0.779. The topological polar surface area (TPSA) is 24.9 Å². The lowest BCUT2D eigenvalue weighted by Gasteiger charge is -2.10. The van der Waals surface area contributed by atoms with E-state index < -0.39 is 0 Å². The lowest BCUT2D eigenvalue weighted by Crippen LogP contribution is -2.05. The lowest BCUT2D eigenvalue weighted by atomic mass is 10.1. The van der Waals surface area contributed by atoms with Crippen LogP contribution < -0.4 is 5.32 Å². The maximum Gasteiger partial charge on any atom is 0.0404 e. The Balaban J connectivity index is 1.78. The molecule has 0 aliphatic rings. The summed E-state index contributed by atoms with van der Waals surface area (Å²) in [4.78, 5) is 4.33. The van der Waals surface area contributed by atoms with E-state index in [4.69, 9.17) is 0 Å². The first kappa shape index (κ1) is 12.6. The molecule has 1 heterocycles. The highest BCUT2D eigenvalue weighted by molar-refractivity contribution is 5.50. The molecule has 0 atom stereocenters. The second kappa shape index (κ2) is 6.80. The van der Waals surface area contributed by atoms with Crippen molar-refractivity contribution in [1.29, 1.82) is 0 Å². The van der Waals surface area contributed by atoms with E-state index in [0.29, 0.717) is 0 Å². The van der Waals surface area contributed by atoms with Gasteiger partial charge in [-0.2, -0.15) is 0 Å². The molecule has 0 unspecified atom stereocenters. The van der Waals surface area contributed by atoms with E-state index in [1.54, 1.807) is 0 Å². The Bertz CT molecular complexity index is 466. The summed E-state index contributed by atoms with van der Waals surface area (Å²) in [6.07, 6.45) is 5.07. The first-order valence-electron chi connectivity index (χ1n) is 6.62. The molecule has 0 saturated carbocycles. The van der Waals surface area contributed by atoms with Crippen molar-refractivity contribution < 1.29 is 0 Å². The summed E-state index contributed by atoms with van der Waals surface area (Å²) in [6.45, 7) is 3.18. The van der Waals surface area contributed by atoms with Gasteiger partial charge in [-0.15, -0.1) is 0 Å². The molecule has 2 nitrogen and oxygen atoms in total. The molecule has 0 bridgehead atoms. The molecular weight excluding hydrogens is 220 g/mol. The largest absolute Gasteiger partial charge is 0.385 e. The fourth-order valence-electron chi connectivity index (χ4n) is 2.04. The van der Waals surface area contributed by atoms with E-state index in [1.807, 2.05) is 18.3 Å². The summed E-state index contributed by atoms with van der Waals surface area (Å²) in [5.74, 6) is 0. The maximum atomic E-state index is 4.33. The van der Waals surface area contributed by atoms with Gasteiger partial charge in [0.1, 0.15) is 0 Å². The maximum absolute atomic E-state index is 4.33. The smallest absolute Gasteiger partial charge is 0.0404 e. The summed E-state index contributed by atoms with van der Waals surface area (Å²) >= 11 is 0. The second-order valence-electron chi connectivity index (χ2n) is 4.36.